The minimum absolute atomic E-state index is 0.247. The number of para-hydroxylation sites is 1. The van der Waals surface area contributed by atoms with Gasteiger partial charge in [-0.2, -0.15) is 0 Å². The van der Waals surface area contributed by atoms with Crippen LogP contribution in [-0.4, -0.2) is 19.8 Å². The van der Waals surface area contributed by atoms with E-state index < -0.39 is 17.2 Å². The first-order valence-electron chi connectivity index (χ1n) is 7.89. The molecule has 0 aliphatic rings. The number of hydrogen-bond acceptors (Lipinski definition) is 4. The Labute approximate surface area is 158 Å². The largest absolute Gasteiger partial charge is 0.755 e. The molecule has 0 aliphatic heterocycles. The van der Waals surface area contributed by atoms with E-state index in [1.54, 1.807) is 42.5 Å². The number of nitrogens with zero attached hydrogens (tertiary/aromatic N) is 1. The Kier molecular flexibility index (Phi) is 5.82. The lowest BCUT2D eigenvalue weighted by atomic mass is 10.0. The topological polar surface area (TPSA) is 80.7 Å². The van der Waals surface area contributed by atoms with Gasteiger partial charge in [0.25, 0.3) is 0 Å². The summed E-state index contributed by atoms with van der Waals surface area (Å²) in [4.78, 5) is 11.1. The quantitative estimate of drug-likeness (QED) is 0.618. The zero-order valence-corrected chi connectivity index (χ0v) is 15.3. The molecule has 3 aromatic rings. The predicted molar refractivity (Wildman–Crippen MR) is 103 cm³/mol. The van der Waals surface area contributed by atoms with Crippen molar-refractivity contribution in [2.75, 3.05) is 4.31 Å². The number of rotatable bonds is 7. The van der Waals surface area contributed by atoms with Crippen LogP contribution in [0.2, 0.25) is 0 Å². The second-order valence-corrected chi connectivity index (χ2v) is 7.32. The Bertz CT molecular complexity index is 925. The Balaban J connectivity index is 1.87. The van der Waals surface area contributed by atoms with Gasteiger partial charge in [-0.1, -0.05) is 30.3 Å². The molecule has 2 aromatic carbocycles. The summed E-state index contributed by atoms with van der Waals surface area (Å²) < 4.78 is 24.9. The second kappa shape index (κ2) is 8.27. The summed E-state index contributed by atoms with van der Waals surface area (Å²) in [6, 6.07) is 17.7. The van der Waals surface area contributed by atoms with Gasteiger partial charge in [-0.25, -0.2) is 4.79 Å². The van der Waals surface area contributed by atoms with Crippen molar-refractivity contribution in [2.24, 2.45) is 0 Å². The van der Waals surface area contributed by atoms with Gasteiger partial charge in [0.05, 0.1) is 22.5 Å². The smallest absolute Gasteiger partial charge is 0.335 e. The number of anilines is 2. The van der Waals surface area contributed by atoms with E-state index in [9.17, 15) is 13.6 Å². The zero-order valence-electron chi connectivity index (χ0n) is 13.7. The third-order valence-electron chi connectivity index (χ3n) is 3.92. The molecule has 0 saturated carbocycles. The number of thiophene rings is 1. The molecular weight excluding hydrogens is 370 g/mol. The molecule has 1 unspecified atom stereocenters. The van der Waals surface area contributed by atoms with Gasteiger partial charge in [0.1, 0.15) is 5.00 Å². The minimum Gasteiger partial charge on any atom is -0.755 e. The number of carboxylic acids is 1. The number of benzene rings is 2. The molecule has 0 amide bonds. The van der Waals surface area contributed by atoms with Crippen molar-refractivity contribution < 1.29 is 18.7 Å². The van der Waals surface area contributed by atoms with Crippen LogP contribution >= 0.6 is 11.3 Å². The van der Waals surface area contributed by atoms with E-state index in [1.807, 2.05) is 23.6 Å². The molecule has 0 aliphatic carbocycles. The Morgan fingerprint density at radius 1 is 1.08 bits per heavy atom. The van der Waals surface area contributed by atoms with Crippen molar-refractivity contribution in [3.63, 3.8) is 0 Å². The zero-order chi connectivity index (χ0) is 18.5. The maximum atomic E-state index is 11.8. The molecule has 0 bridgehead atoms. The summed E-state index contributed by atoms with van der Waals surface area (Å²) in [7, 11) is 0. The summed E-state index contributed by atoms with van der Waals surface area (Å²) in [6.45, 7) is 0. The average Bonchev–Trinajstić information content (AvgIpc) is 3.15. The summed E-state index contributed by atoms with van der Waals surface area (Å²) in [5.74, 6) is -0.960. The molecule has 0 spiro atoms. The van der Waals surface area contributed by atoms with Crippen LogP contribution in [0.3, 0.4) is 0 Å². The lowest BCUT2D eigenvalue weighted by Gasteiger charge is -2.27. The number of hydrogen-bond donors (Lipinski definition) is 1. The van der Waals surface area contributed by atoms with Crippen LogP contribution in [-0.2, 0) is 24.1 Å². The SMILES string of the molecule is O=C(O)c1cccc(CCc2ccccc2N(c2cccs2)S(=O)[O-])c1. The molecule has 1 aromatic heterocycles. The number of carboxylic acid groups (broad SMARTS) is 1. The van der Waals surface area contributed by atoms with Crippen LogP contribution in [0.5, 0.6) is 0 Å². The van der Waals surface area contributed by atoms with Gasteiger partial charge in [0.15, 0.2) is 0 Å². The van der Waals surface area contributed by atoms with E-state index in [4.69, 9.17) is 5.11 Å². The first-order valence-corrected chi connectivity index (χ1v) is 9.80. The molecule has 5 nitrogen and oxygen atoms in total. The van der Waals surface area contributed by atoms with Crippen LogP contribution in [0.1, 0.15) is 21.5 Å². The Morgan fingerprint density at radius 3 is 2.58 bits per heavy atom. The molecule has 1 N–H and O–H groups in total. The first-order chi connectivity index (χ1) is 12.6. The average molecular weight is 386 g/mol. The van der Waals surface area contributed by atoms with E-state index in [2.05, 4.69) is 0 Å². The molecule has 0 radical (unpaired) electrons. The molecule has 1 atom stereocenters. The van der Waals surface area contributed by atoms with Crippen LogP contribution in [0.25, 0.3) is 0 Å². The maximum absolute atomic E-state index is 11.8. The highest BCUT2D eigenvalue weighted by molar-refractivity contribution is 7.81. The van der Waals surface area contributed by atoms with Crippen molar-refractivity contribution in [2.45, 2.75) is 12.8 Å². The molecule has 134 valence electrons. The Morgan fingerprint density at radius 2 is 1.88 bits per heavy atom. The normalized spacial score (nSPS) is 11.9. The maximum Gasteiger partial charge on any atom is 0.335 e. The van der Waals surface area contributed by atoms with Crippen LogP contribution in [0, 0.1) is 0 Å². The fourth-order valence-corrected chi connectivity index (χ4v) is 4.22. The van der Waals surface area contributed by atoms with Gasteiger partial charge in [0, 0.05) is 0 Å². The van der Waals surface area contributed by atoms with Crippen LogP contribution < -0.4 is 4.31 Å². The number of aryl methyl sites for hydroxylation is 2. The van der Waals surface area contributed by atoms with Gasteiger partial charge in [-0.05, 0) is 59.7 Å². The van der Waals surface area contributed by atoms with Gasteiger partial charge < -0.3 is 9.66 Å². The highest BCUT2D eigenvalue weighted by Gasteiger charge is 2.15. The minimum atomic E-state index is -2.44. The van der Waals surface area contributed by atoms with Crippen molar-refractivity contribution >= 4 is 39.3 Å². The van der Waals surface area contributed by atoms with E-state index in [1.165, 1.54) is 15.6 Å². The van der Waals surface area contributed by atoms with E-state index in [-0.39, 0.29) is 5.56 Å². The lowest BCUT2D eigenvalue weighted by molar-refractivity contribution is 0.0696. The molecule has 3 rings (SSSR count). The predicted octanol–water partition coefficient (Wildman–Crippen LogP) is 4.16. The molecule has 1 heterocycles. The summed E-state index contributed by atoms with van der Waals surface area (Å²) in [5.41, 5.74) is 2.63. The van der Waals surface area contributed by atoms with Crippen LogP contribution in [0.4, 0.5) is 10.7 Å². The molecular formula is C19H16NO4S2-. The third-order valence-corrected chi connectivity index (χ3v) is 5.58. The fourth-order valence-electron chi connectivity index (χ4n) is 2.72. The second-order valence-electron chi connectivity index (χ2n) is 5.60. The van der Waals surface area contributed by atoms with Gasteiger partial charge >= 0.3 is 5.97 Å². The molecule has 0 saturated heterocycles. The molecule has 26 heavy (non-hydrogen) atoms. The highest BCUT2D eigenvalue weighted by atomic mass is 32.2. The fraction of sp³-hybridized carbons (Fsp3) is 0.105. The van der Waals surface area contributed by atoms with Gasteiger partial charge in [-0.3, -0.25) is 8.51 Å². The summed E-state index contributed by atoms with van der Waals surface area (Å²) in [6.07, 6.45) is 1.21. The molecule has 7 heteroatoms. The first kappa shape index (κ1) is 18.3. The number of carbonyl (C=O) groups is 1. The van der Waals surface area contributed by atoms with Crippen molar-refractivity contribution in [3.05, 3.63) is 82.7 Å². The third kappa shape index (κ3) is 4.19. The van der Waals surface area contributed by atoms with Crippen molar-refractivity contribution in [3.8, 4) is 0 Å². The number of aromatic carboxylic acids is 1. The van der Waals surface area contributed by atoms with Gasteiger partial charge in [0.2, 0.25) is 0 Å². The van der Waals surface area contributed by atoms with Crippen molar-refractivity contribution in [1.82, 2.24) is 0 Å². The van der Waals surface area contributed by atoms with E-state index in [0.717, 1.165) is 11.1 Å². The van der Waals surface area contributed by atoms with Gasteiger partial charge in [-0.15, -0.1) is 11.3 Å². The van der Waals surface area contributed by atoms with E-state index in [0.29, 0.717) is 23.5 Å². The summed E-state index contributed by atoms with van der Waals surface area (Å²) in [5, 5.41) is 11.6. The molecule has 0 fully saturated rings. The standard InChI is InChI=1S/C19H17NO4S2/c21-19(22)16-7-3-5-14(13-16)10-11-15-6-1-2-8-17(15)20(26(23)24)18-9-4-12-25-18/h1-9,12-13H,10-11H2,(H,21,22)(H,23,24)/p-1. The Hall–Kier alpha value is -2.48. The lowest BCUT2D eigenvalue weighted by Crippen LogP contribution is -2.20. The van der Waals surface area contributed by atoms with Crippen molar-refractivity contribution in [1.29, 1.82) is 0 Å². The monoisotopic (exact) mass is 386 g/mol. The highest BCUT2D eigenvalue weighted by Crippen LogP contribution is 2.33. The van der Waals surface area contributed by atoms with Crippen LogP contribution in [0.15, 0.2) is 66.0 Å². The van der Waals surface area contributed by atoms with E-state index >= 15 is 0 Å². The summed E-state index contributed by atoms with van der Waals surface area (Å²) >= 11 is -1.09.